The SMILES string of the molecule is C.CC1(C)OB(CCCBr)OC1(C)C.CN(CCCB1OC(C)(C)C(C)(C)O1)C1CCC(=O)CC1.NC1CCC2(CC1)OCCO2.O=CO[O-].[H-].[K+].[K+]. The number of hydrogen-bond donors (Lipinski definition) is 1. The quantitative estimate of drug-likeness (QED) is 0.106. The summed E-state index contributed by atoms with van der Waals surface area (Å²) < 4.78 is 34.8. The number of ketones is 1. The van der Waals surface area contributed by atoms with Gasteiger partial charge in [0.15, 0.2) is 5.79 Å². The molecule has 12 nitrogen and oxygen atoms in total. The van der Waals surface area contributed by atoms with Crippen molar-refractivity contribution in [2.45, 2.75) is 180 Å². The summed E-state index contributed by atoms with van der Waals surface area (Å²) in [6.07, 6.45) is 11.7. The molecular formula is C35H69B2BrK2N2O10. The topological polar surface area (TPSA) is 151 Å². The van der Waals surface area contributed by atoms with Gasteiger partial charge in [0.1, 0.15) is 5.78 Å². The van der Waals surface area contributed by atoms with Gasteiger partial charge in [-0.3, -0.25) is 9.59 Å². The molecule has 3 heterocycles. The minimum absolute atomic E-state index is 0. The van der Waals surface area contributed by atoms with Crippen LogP contribution in [0.25, 0.3) is 0 Å². The molecule has 17 heteroatoms. The van der Waals surface area contributed by atoms with Crippen molar-refractivity contribution >= 4 is 42.4 Å². The van der Waals surface area contributed by atoms with Crippen LogP contribution in [0.1, 0.15) is 128 Å². The van der Waals surface area contributed by atoms with Gasteiger partial charge in [0.25, 0.3) is 6.47 Å². The number of ether oxygens (including phenoxy) is 2. The average molecular weight is 858 g/mol. The summed E-state index contributed by atoms with van der Waals surface area (Å²) in [4.78, 5) is 24.9. The molecule has 1 spiro atoms. The third-order valence-electron chi connectivity index (χ3n) is 10.9. The first-order valence-electron chi connectivity index (χ1n) is 18.1. The number of hydrogen-bond acceptors (Lipinski definition) is 12. The standard InChI is InChI=1S/C16H30BNO3.C9H18BBrO2.C8H15NO2.CH2O3.CH4.2K.H/c1-15(2)16(3,4)21-17(20-15)11-6-12-18(5)13-7-9-14(19)10-8-13;1-8(2)9(3,4)13-10(12-8)6-5-7-11;9-7-1-3-8(4-2-7)10-5-6-11-8;2-1-4-3;;;;/h13H,6-12H2,1-5H3;5-7H2,1-4H3;7H,1-6,9H2;1,3H;1H4;;;/q;;;;;2*+1;-1/p-1. The van der Waals surface area contributed by atoms with Crippen molar-refractivity contribution in [1.82, 2.24) is 4.90 Å². The molecule has 0 unspecified atom stereocenters. The minimum Gasteiger partial charge on any atom is -1.00 e. The van der Waals surface area contributed by atoms with Gasteiger partial charge in [0, 0.05) is 43.1 Å². The Kier molecular flexibility index (Phi) is 29.1. The molecule has 3 aliphatic heterocycles. The molecule has 0 aromatic carbocycles. The van der Waals surface area contributed by atoms with Crippen LogP contribution in [-0.4, -0.2) is 104 Å². The molecule has 52 heavy (non-hydrogen) atoms. The first kappa shape index (κ1) is 56.8. The molecule has 2 saturated carbocycles. The molecule has 294 valence electrons. The number of rotatable bonds is 9. The van der Waals surface area contributed by atoms with Crippen molar-refractivity contribution in [2.24, 2.45) is 5.73 Å². The van der Waals surface area contributed by atoms with Crippen molar-refractivity contribution in [1.29, 1.82) is 0 Å². The number of carbonyl (C=O) groups is 2. The largest absolute Gasteiger partial charge is 1.00 e. The van der Waals surface area contributed by atoms with Gasteiger partial charge in [-0.1, -0.05) is 23.4 Å². The number of nitrogens with two attached hydrogens (primary N) is 1. The molecule has 0 amide bonds. The van der Waals surface area contributed by atoms with Crippen molar-refractivity contribution in [3.8, 4) is 0 Å². The van der Waals surface area contributed by atoms with E-state index in [0.717, 1.165) is 102 Å². The predicted octanol–water partition coefficient (Wildman–Crippen LogP) is -0.402. The van der Waals surface area contributed by atoms with E-state index in [0.29, 0.717) is 17.9 Å². The Hall–Kier alpha value is 2.66. The molecule has 2 aliphatic carbocycles. The predicted molar refractivity (Wildman–Crippen MR) is 201 cm³/mol. The van der Waals surface area contributed by atoms with E-state index >= 15 is 0 Å². The van der Waals surface area contributed by atoms with Crippen LogP contribution in [0.15, 0.2) is 0 Å². The van der Waals surface area contributed by atoms with Crippen molar-refractivity contribution in [3.05, 3.63) is 0 Å². The van der Waals surface area contributed by atoms with Crippen LogP contribution in [0, 0.1) is 0 Å². The number of nitrogens with zero attached hydrogens (tertiary/aromatic N) is 1. The smallest absolute Gasteiger partial charge is 1.00 e. The molecule has 0 aromatic rings. The van der Waals surface area contributed by atoms with Crippen molar-refractivity contribution in [3.63, 3.8) is 0 Å². The molecule has 0 bridgehead atoms. The second kappa shape index (κ2) is 26.7. The fourth-order valence-electron chi connectivity index (χ4n) is 6.33. The second-order valence-electron chi connectivity index (χ2n) is 15.7. The van der Waals surface area contributed by atoms with Crippen molar-refractivity contribution in [2.75, 3.05) is 32.1 Å². The van der Waals surface area contributed by atoms with Crippen LogP contribution >= 0.6 is 15.9 Å². The summed E-state index contributed by atoms with van der Waals surface area (Å²) in [5.41, 5.74) is 4.96. The van der Waals surface area contributed by atoms with E-state index in [1.54, 1.807) is 0 Å². The third-order valence-corrected chi connectivity index (χ3v) is 11.5. The molecular weight excluding hydrogens is 788 g/mol. The second-order valence-corrected chi connectivity index (χ2v) is 16.5. The normalized spacial score (nSPS) is 23.8. The summed E-state index contributed by atoms with van der Waals surface area (Å²) in [6, 6.07) is 0.939. The van der Waals surface area contributed by atoms with Crippen LogP contribution in [0.3, 0.4) is 0 Å². The summed E-state index contributed by atoms with van der Waals surface area (Å²) in [5.74, 6) is 0.201. The van der Waals surface area contributed by atoms with Crippen LogP contribution in [-0.2, 0) is 42.6 Å². The van der Waals surface area contributed by atoms with Gasteiger partial charge in [-0.2, -0.15) is 0 Å². The summed E-state index contributed by atoms with van der Waals surface area (Å²) in [5, 5.41) is 9.44. The zero-order chi connectivity index (χ0) is 36.9. The summed E-state index contributed by atoms with van der Waals surface area (Å²) in [7, 11) is 2.06. The summed E-state index contributed by atoms with van der Waals surface area (Å²) >= 11 is 3.40. The Morgan fingerprint density at radius 3 is 1.60 bits per heavy atom. The van der Waals surface area contributed by atoms with Gasteiger partial charge < -0.3 is 50.3 Å². The first-order valence-corrected chi connectivity index (χ1v) is 19.2. The molecule has 0 aromatic heterocycles. The maximum Gasteiger partial charge on any atom is 1.00 e. The van der Waals surface area contributed by atoms with Gasteiger partial charge in [0.2, 0.25) is 0 Å². The zero-order valence-electron chi connectivity index (χ0n) is 34.7. The maximum atomic E-state index is 11.3. The Labute approximate surface area is 411 Å². The molecule has 2 N–H and O–H groups in total. The fraction of sp³-hybridized carbons (Fsp3) is 0.943. The Balaban J connectivity index is -0.000000680. The molecule has 5 fully saturated rings. The average Bonchev–Trinajstić information content (AvgIpc) is 3.64. The minimum atomic E-state index is -0.229. The maximum absolute atomic E-state index is 11.3. The molecule has 0 radical (unpaired) electrons. The zero-order valence-corrected chi connectivity index (χ0v) is 41.5. The number of alkyl halides is 1. The third kappa shape index (κ3) is 18.7. The van der Waals surface area contributed by atoms with E-state index in [2.05, 4.69) is 88.2 Å². The van der Waals surface area contributed by atoms with Crippen LogP contribution in [0.5, 0.6) is 0 Å². The molecule has 3 saturated heterocycles. The Bertz CT molecular complexity index is 968. The first-order chi connectivity index (χ1) is 22.8. The molecule has 5 aliphatic rings. The number of Topliss-reactive ketones (excluding diaryl/α,β-unsaturated/α-hetero) is 1. The van der Waals surface area contributed by atoms with Crippen LogP contribution in [0.4, 0.5) is 0 Å². The molecule has 5 rings (SSSR count). The van der Waals surface area contributed by atoms with E-state index in [1.165, 1.54) is 0 Å². The van der Waals surface area contributed by atoms with Gasteiger partial charge in [-0.05, 0) is 120 Å². The number of halogens is 1. The van der Waals surface area contributed by atoms with E-state index in [-0.39, 0.29) is 161 Å². The van der Waals surface area contributed by atoms with E-state index < -0.39 is 0 Å². The Morgan fingerprint density at radius 1 is 0.846 bits per heavy atom. The van der Waals surface area contributed by atoms with Gasteiger partial charge in [-0.15, -0.1) is 0 Å². The Morgan fingerprint density at radius 2 is 1.23 bits per heavy atom. The number of carbonyl (C=O) groups excluding carboxylic acids is 2. The van der Waals surface area contributed by atoms with Crippen LogP contribution < -0.4 is 114 Å². The van der Waals surface area contributed by atoms with Gasteiger partial charge >= 0.3 is 117 Å². The van der Waals surface area contributed by atoms with E-state index in [4.69, 9.17) is 43.9 Å². The monoisotopic (exact) mass is 856 g/mol. The van der Waals surface area contributed by atoms with E-state index in [9.17, 15) is 4.79 Å². The van der Waals surface area contributed by atoms with Gasteiger partial charge in [-0.25, -0.2) is 0 Å². The molecule has 0 atom stereocenters. The fourth-order valence-corrected chi connectivity index (χ4v) is 6.65. The van der Waals surface area contributed by atoms with E-state index in [1.807, 2.05) is 0 Å². The summed E-state index contributed by atoms with van der Waals surface area (Å²) in [6.45, 7) is 19.1. The van der Waals surface area contributed by atoms with Gasteiger partial charge in [0.05, 0.1) is 35.6 Å². The van der Waals surface area contributed by atoms with Crippen LogP contribution in [0.2, 0.25) is 12.6 Å². The van der Waals surface area contributed by atoms with Crippen molar-refractivity contribution < 1.29 is 152 Å².